The van der Waals surface area contributed by atoms with Gasteiger partial charge in [-0.3, -0.25) is 19.7 Å². The van der Waals surface area contributed by atoms with Gasteiger partial charge in [-0.25, -0.2) is 13.4 Å². The van der Waals surface area contributed by atoms with Crippen LogP contribution in [0.1, 0.15) is 27.7 Å². The van der Waals surface area contributed by atoms with Gasteiger partial charge in [0.2, 0.25) is 0 Å². The fourth-order valence-corrected chi connectivity index (χ4v) is 5.72. The van der Waals surface area contributed by atoms with Gasteiger partial charge in [-0.05, 0) is 42.0 Å². The zero-order chi connectivity index (χ0) is 25.1. The van der Waals surface area contributed by atoms with E-state index in [1.165, 1.54) is 0 Å². The maximum Gasteiger partial charge on any atom is 0.255 e. The van der Waals surface area contributed by atoms with Crippen molar-refractivity contribution in [1.82, 2.24) is 25.0 Å². The lowest BCUT2D eigenvalue weighted by Gasteiger charge is -2.35. The summed E-state index contributed by atoms with van der Waals surface area (Å²) < 4.78 is 23.3. The van der Waals surface area contributed by atoms with Gasteiger partial charge in [0.1, 0.15) is 5.82 Å². The maximum atomic E-state index is 12.8. The van der Waals surface area contributed by atoms with E-state index in [0.29, 0.717) is 43.3 Å². The number of carbonyl (C=O) groups is 1. The van der Waals surface area contributed by atoms with Crippen LogP contribution in [-0.2, 0) is 16.4 Å². The molecule has 0 bridgehead atoms. The van der Waals surface area contributed by atoms with Crippen molar-refractivity contribution in [3.05, 3.63) is 65.5 Å². The summed E-state index contributed by atoms with van der Waals surface area (Å²) in [6.45, 7) is 3.67. The molecular weight excluding hydrogens is 478 g/mol. The largest absolute Gasteiger partial charge is 0.322 e. The van der Waals surface area contributed by atoms with Crippen LogP contribution in [0.5, 0.6) is 0 Å². The highest BCUT2D eigenvalue weighted by Crippen LogP contribution is 2.26. The molecule has 5 rings (SSSR count). The predicted molar refractivity (Wildman–Crippen MR) is 135 cm³/mol. The van der Waals surface area contributed by atoms with Crippen LogP contribution >= 0.6 is 0 Å². The molecule has 0 unspecified atom stereocenters. The Balaban J connectivity index is 1.17. The molecule has 36 heavy (non-hydrogen) atoms. The fraction of sp³-hybridized carbons (Fsp3) is 0.360. The molecule has 10 nitrogen and oxygen atoms in total. The highest BCUT2D eigenvalue weighted by atomic mass is 32.2. The highest BCUT2D eigenvalue weighted by Gasteiger charge is 2.30. The molecule has 0 atom stereocenters. The number of anilines is 1. The van der Waals surface area contributed by atoms with Gasteiger partial charge >= 0.3 is 0 Å². The van der Waals surface area contributed by atoms with Gasteiger partial charge in [-0.2, -0.15) is 10.4 Å². The van der Waals surface area contributed by atoms with E-state index >= 15 is 0 Å². The van der Waals surface area contributed by atoms with E-state index in [1.54, 1.807) is 6.07 Å². The number of nitrogens with zero attached hydrogens (tertiary/aromatic N) is 5. The summed E-state index contributed by atoms with van der Waals surface area (Å²) in [6.07, 6.45) is 0. The van der Waals surface area contributed by atoms with Gasteiger partial charge in [0, 0.05) is 55.5 Å². The highest BCUT2D eigenvalue weighted by molar-refractivity contribution is 7.91. The number of aromatic nitrogens is 3. The minimum Gasteiger partial charge on any atom is -0.322 e. The van der Waals surface area contributed by atoms with Gasteiger partial charge < -0.3 is 5.32 Å². The van der Waals surface area contributed by atoms with E-state index in [4.69, 9.17) is 5.26 Å². The van der Waals surface area contributed by atoms with Crippen molar-refractivity contribution in [2.45, 2.75) is 12.5 Å². The molecule has 1 amide bonds. The minimum atomic E-state index is -2.92. The van der Waals surface area contributed by atoms with Gasteiger partial charge in [0.05, 0.1) is 24.1 Å². The van der Waals surface area contributed by atoms with Crippen LogP contribution in [0.15, 0.2) is 48.5 Å². The smallest absolute Gasteiger partial charge is 0.255 e. The van der Waals surface area contributed by atoms with E-state index < -0.39 is 9.84 Å². The lowest BCUT2D eigenvalue weighted by atomic mass is 10.00. The molecule has 2 saturated heterocycles. The molecule has 1 aromatic heterocycles. The number of benzene rings is 2. The molecule has 3 aromatic rings. The fourth-order valence-electron chi connectivity index (χ4n) is 4.44. The molecule has 11 heteroatoms. The molecule has 3 heterocycles. The second-order valence-electron chi connectivity index (χ2n) is 9.25. The Morgan fingerprint density at radius 1 is 1.11 bits per heavy atom. The third-order valence-corrected chi connectivity index (χ3v) is 8.18. The molecule has 2 N–H and O–H groups in total. The van der Waals surface area contributed by atoms with Crippen molar-refractivity contribution in [2.24, 2.45) is 0 Å². The topological polar surface area (TPSA) is 135 Å². The lowest BCUT2D eigenvalue weighted by Crippen LogP contribution is -2.45. The molecule has 2 aliphatic heterocycles. The standard InChI is InChI=1S/C25H27N7O3S/c26-8-9-32-16-21(17-32)24-28-23(29-30-24)19-4-6-22(7-5-19)27-25(33)20-3-1-2-18(14-20)15-31-10-12-36(34,35)13-11-31/h1-7,14,21H,9-13,15-17H2,(H,27,33)(H,28,29,30). The second kappa shape index (κ2) is 10.2. The second-order valence-corrected chi connectivity index (χ2v) is 11.6. The molecule has 2 aliphatic rings. The van der Waals surface area contributed by atoms with Gasteiger partial charge in [0.25, 0.3) is 5.91 Å². The summed E-state index contributed by atoms with van der Waals surface area (Å²) in [5.74, 6) is 1.83. The zero-order valence-electron chi connectivity index (χ0n) is 19.7. The SMILES string of the molecule is N#CCN1CC(c2nc(-c3ccc(NC(=O)c4cccc(CN5CCS(=O)(=O)CC5)c4)cc3)n[nH]2)C1. The van der Waals surface area contributed by atoms with Crippen molar-refractivity contribution < 1.29 is 13.2 Å². The first-order valence-electron chi connectivity index (χ1n) is 11.8. The summed E-state index contributed by atoms with van der Waals surface area (Å²) in [4.78, 5) is 21.6. The predicted octanol–water partition coefficient (Wildman–Crippen LogP) is 1.88. The Morgan fingerprint density at radius 3 is 2.58 bits per heavy atom. The normalized spacial score (nSPS) is 18.3. The summed E-state index contributed by atoms with van der Waals surface area (Å²) in [7, 11) is -2.92. The number of carbonyl (C=O) groups excluding carboxylic acids is 1. The Morgan fingerprint density at radius 2 is 1.86 bits per heavy atom. The first-order valence-corrected chi connectivity index (χ1v) is 13.7. The van der Waals surface area contributed by atoms with Gasteiger partial charge in [0.15, 0.2) is 15.7 Å². The van der Waals surface area contributed by atoms with Crippen LogP contribution in [0, 0.1) is 11.3 Å². The molecule has 0 spiro atoms. The van der Waals surface area contributed by atoms with E-state index in [1.807, 2.05) is 42.5 Å². The van der Waals surface area contributed by atoms with Crippen LogP contribution in [0.3, 0.4) is 0 Å². The lowest BCUT2D eigenvalue weighted by molar-refractivity contribution is 0.102. The molecule has 2 aromatic carbocycles. The number of rotatable bonds is 7. The van der Waals surface area contributed by atoms with Gasteiger partial charge in [-0.1, -0.05) is 12.1 Å². The summed E-state index contributed by atoms with van der Waals surface area (Å²) in [5.41, 5.74) is 3.03. The number of hydrogen-bond acceptors (Lipinski definition) is 8. The van der Waals surface area contributed by atoms with E-state index in [0.717, 1.165) is 30.0 Å². The third kappa shape index (κ3) is 5.62. The van der Waals surface area contributed by atoms with Crippen LogP contribution < -0.4 is 5.32 Å². The molecule has 0 saturated carbocycles. The third-order valence-electron chi connectivity index (χ3n) is 6.57. The van der Waals surface area contributed by atoms with E-state index in [9.17, 15) is 13.2 Å². The molecule has 2 fully saturated rings. The average Bonchev–Trinajstić information content (AvgIpc) is 3.33. The molecule has 0 radical (unpaired) electrons. The Bertz CT molecular complexity index is 1380. The number of H-pyrrole nitrogens is 1. The van der Waals surface area contributed by atoms with Crippen molar-refractivity contribution >= 4 is 21.4 Å². The Labute approximate surface area is 209 Å². The minimum absolute atomic E-state index is 0.180. The first-order chi connectivity index (χ1) is 17.4. The van der Waals surface area contributed by atoms with Crippen LogP contribution in [0.4, 0.5) is 5.69 Å². The number of aromatic amines is 1. The van der Waals surface area contributed by atoms with E-state index in [-0.39, 0.29) is 23.3 Å². The molecule has 186 valence electrons. The quantitative estimate of drug-likeness (QED) is 0.465. The van der Waals surface area contributed by atoms with Crippen LogP contribution in [-0.4, -0.2) is 83.5 Å². The molecular formula is C25H27N7O3S. The average molecular weight is 506 g/mol. The zero-order valence-corrected chi connectivity index (χ0v) is 20.5. The van der Waals surface area contributed by atoms with Crippen molar-refractivity contribution in [2.75, 3.05) is 49.5 Å². The summed E-state index contributed by atoms with van der Waals surface area (Å²) >= 11 is 0. The maximum absolute atomic E-state index is 12.8. The molecule has 0 aliphatic carbocycles. The summed E-state index contributed by atoms with van der Waals surface area (Å²) in [5, 5.41) is 19.0. The van der Waals surface area contributed by atoms with Crippen molar-refractivity contribution in [3.8, 4) is 17.5 Å². The summed E-state index contributed by atoms with van der Waals surface area (Å²) in [6, 6.07) is 16.9. The first kappa shape index (κ1) is 24.1. The van der Waals surface area contributed by atoms with Crippen LogP contribution in [0.2, 0.25) is 0 Å². The number of nitriles is 1. The van der Waals surface area contributed by atoms with Crippen molar-refractivity contribution in [1.29, 1.82) is 5.26 Å². The Hall–Kier alpha value is -3.59. The Kier molecular flexibility index (Phi) is 6.82. The number of nitrogens with one attached hydrogen (secondary N) is 2. The number of hydrogen-bond donors (Lipinski definition) is 2. The van der Waals surface area contributed by atoms with Crippen LogP contribution in [0.25, 0.3) is 11.4 Å². The number of likely N-dealkylation sites (tertiary alicyclic amines) is 1. The number of amides is 1. The van der Waals surface area contributed by atoms with E-state index in [2.05, 4.69) is 36.4 Å². The van der Waals surface area contributed by atoms with Gasteiger partial charge in [-0.15, -0.1) is 0 Å². The number of sulfone groups is 1. The van der Waals surface area contributed by atoms with Crippen molar-refractivity contribution in [3.63, 3.8) is 0 Å². The monoisotopic (exact) mass is 505 g/mol.